The molecular formula is C15H23NOS. The second kappa shape index (κ2) is 5.98. The number of carbonyl (C=O) groups is 1. The number of carbonyl (C=O) groups excluding carboxylic acids is 1. The summed E-state index contributed by atoms with van der Waals surface area (Å²) in [6.07, 6.45) is 2.94. The van der Waals surface area contributed by atoms with Crippen LogP contribution in [0.5, 0.6) is 0 Å². The highest BCUT2D eigenvalue weighted by Gasteiger charge is 2.28. The van der Waals surface area contributed by atoms with Crippen LogP contribution in [0.3, 0.4) is 0 Å². The van der Waals surface area contributed by atoms with Crippen molar-refractivity contribution in [2.45, 2.75) is 39.2 Å². The maximum absolute atomic E-state index is 12.0. The number of hydrogen-bond acceptors (Lipinski definition) is 3. The van der Waals surface area contributed by atoms with Crippen molar-refractivity contribution in [1.29, 1.82) is 0 Å². The average Bonchev–Trinajstić information content (AvgIpc) is 2.86. The zero-order valence-corrected chi connectivity index (χ0v) is 12.4. The molecule has 100 valence electrons. The molecule has 1 aliphatic rings. The third kappa shape index (κ3) is 3.21. The first-order valence-electron chi connectivity index (χ1n) is 6.84. The Balaban J connectivity index is 1.94. The van der Waals surface area contributed by atoms with Crippen LogP contribution in [0, 0.1) is 11.8 Å². The Morgan fingerprint density at radius 3 is 3.00 bits per heavy atom. The van der Waals surface area contributed by atoms with Gasteiger partial charge in [-0.05, 0) is 44.2 Å². The lowest BCUT2D eigenvalue weighted by Gasteiger charge is -2.31. The van der Waals surface area contributed by atoms with Gasteiger partial charge in [0.05, 0.1) is 0 Å². The normalized spacial score (nSPS) is 26.6. The van der Waals surface area contributed by atoms with Gasteiger partial charge >= 0.3 is 0 Å². The molecule has 1 aromatic rings. The molecule has 18 heavy (non-hydrogen) atoms. The molecular weight excluding hydrogens is 242 g/mol. The molecule has 1 heterocycles. The Kier molecular flexibility index (Phi) is 4.57. The third-order valence-corrected chi connectivity index (χ3v) is 5.19. The monoisotopic (exact) mass is 265 g/mol. The fourth-order valence-corrected chi connectivity index (χ4v) is 3.60. The van der Waals surface area contributed by atoms with E-state index in [1.807, 2.05) is 0 Å². The highest BCUT2D eigenvalue weighted by Crippen LogP contribution is 2.29. The predicted octanol–water partition coefficient (Wildman–Crippen LogP) is 3.75. The van der Waals surface area contributed by atoms with E-state index in [2.05, 4.69) is 43.3 Å². The van der Waals surface area contributed by atoms with Gasteiger partial charge in [0.25, 0.3) is 0 Å². The van der Waals surface area contributed by atoms with Gasteiger partial charge in [-0.2, -0.15) is 0 Å². The molecule has 0 bridgehead atoms. The van der Waals surface area contributed by atoms with Crippen LogP contribution < -0.4 is 0 Å². The third-order valence-electron chi connectivity index (χ3n) is 4.15. The maximum atomic E-state index is 12.0. The van der Waals surface area contributed by atoms with Gasteiger partial charge in [0, 0.05) is 29.8 Å². The van der Waals surface area contributed by atoms with Gasteiger partial charge in [0.15, 0.2) is 0 Å². The fourth-order valence-electron chi connectivity index (χ4n) is 2.76. The van der Waals surface area contributed by atoms with E-state index in [9.17, 15) is 4.79 Å². The molecule has 1 saturated carbocycles. The number of rotatable bonds is 4. The lowest BCUT2D eigenvalue weighted by atomic mass is 9.81. The van der Waals surface area contributed by atoms with Crippen LogP contribution in [0.4, 0.5) is 0 Å². The van der Waals surface area contributed by atoms with Crippen molar-refractivity contribution >= 4 is 17.1 Å². The van der Waals surface area contributed by atoms with E-state index in [1.54, 1.807) is 11.3 Å². The molecule has 3 unspecified atom stereocenters. The Morgan fingerprint density at radius 2 is 2.33 bits per heavy atom. The van der Waals surface area contributed by atoms with Crippen LogP contribution in [0.15, 0.2) is 17.5 Å². The van der Waals surface area contributed by atoms with Gasteiger partial charge in [-0.3, -0.25) is 9.69 Å². The SMILES string of the molecule is CC1CCC(=O)C(CN(C)C(C)c2cccs2)C1. The van der Waals surface area contributed by atoms with Crippen LogP contribution >= 0.6 is 11.3 Å². The van der Waals surface area contributed by atoms with Crippen LogP contribution in [0.2, 0.25) is 0 Å². The van der Waals surface area contributed by atoms with Crippen molar-refractivity contribution in [2.24, 2.45) is 11.8 Å². The zero-order valence-electron chi connectivity index (χ0n) is 11.6. The Labute approximate surface area is 114 Å². The van der Waals surface area contributed by atoms with Gasteiger partial charge in [0.1, 0.15) is 5.78 Å². The van der Waals surface area contributed by atoms with Crippen molar-refractivity contribution in [1.82, 2.24) is 4.90 Å². The smallest absolute Gasteiger partial charge is 0.137 e. The van der Waals surface area contributed by atoms with Gasteiger partial charge in [-0.25, -0.2) is 0 Å². The van der Waals surface area contributed by atoms with Gasteiger partial charge in [-0.15, -0.1) is 11.3 Å². The molecule has 2 rings (SSSR count). The van der Waals surface area contributed by atoms with Gasteiger partial charge in [0.2, 0.25) is 0 Å². The second-order valence-electron chi connectivity index (χ2n) is 5.67. The van der Waals surface area contributed by atoms with Crippen LogP contribution in [0.25, 0.3) is 0 Å². The first kappa shape index (κ1) is 13.8. The Bertz CT molecular complexity index is 387. The van der Waals surface area contributed by atoms with E-state index in [-0.39, 0.29) is 5.92 Å². The molecule has 0 aromatic carbocycles. The maximum Gasteiger partial charge on any atom is 0.137 e. The Hall–Kier alpha value is -0.670. The molecule has 3 heteroatoms. The summed E-state index contributed by atoms with van der Waals surface area (Å²) in [5.74, 6) is 1.43. The van der Waals surface area contributed by atoms with Crippen molar-refractivity contribution in [2.75, 3.05) is 13.6 Å². The molecule has 0 spiro atoms. The minimum Gasteiger partial charge on any atom is -0.299 e. The fraction of sp³-hybridized carbons (Fsp3) is 0.667. The zero-order chi connectivity index (χ0) is 13.1. The number of hydrogen-bond donors (Lipinski definition) is 0. The number of thiophene rings is 1. The van der Waals surface area contributed by atoms with Crippen molar-refractivity contribution in [3.05, 3.63) is 22.4 Å². The number of Topliss-reactive ketones (excluding diaryl/α,β-unsaturated/α-hetero) is 1. The average molecular weight is 265 g/mol. The van der Waals surface area contributed by atoms with E-state index in [1.165, 1.54) is 4.88 Å². The summed E-state index contributed by atoms with van der Waals surface area (Å²) in [5.41, 5.74) is 0. The molecule has 3 atom stereocenters. The molecule has 0 N–H and O–H groups in total. The summed E-state index contributed by atoms with van der Waals surface area (Å²) in [5, 5.41) is 2.12. The van der Waals surface area contributed by atoms with E-state index < -0.39 is 0 Å². The number of nitrogens with zero attached hydrogens (tertiary/aromatic N) is 1. The van der Waals surface area contributed by atoms with E-state index >= 15 is 0 Å². The van der Waals surface area contributed by atoms with Gasteiger partial charge < -0.3 is 0 Å². The summed E-state index contributed by atoms with van der Waals surface area (Å²) in [6.45, 7) is 5.40. The molecule has 0 aliphatic heterocycles. The lowest BCUT2D eigenvalue weighted by Crippen LogP contribution is -2.35. The van der Waals surface area contributed by atoms with E-state index in [0.29, 0.717) is 17.7 Å². The molecule has 1 fully saturated rings. The summed E-state index contributed by atoms with van der Waals surface area (Å²) < 4.78 is 0. The largest absolute Gasteiger partial charge is 0.299 e. The number of ketones is 1. The quantitative estimate of drug-likeness (QED) is 0.826. The van der Waals surface area contributed by atoms with Crippen LogP contribution in [0.1, 0.15) is 44.0 Å². The van der Waals surface area contributed by atoms with Crippen molar-refractivity contribution in [3.63, 3.8) is 0 Å². The first-order chi connectivity index (χ1) is 8.58. The lowest BCUT2D eigenvalue weighted by molar-refractivity contribution is -0.126. The first-order valence-corrected chi connectivity index (χ1v) is 7.72. The molecule has 1 aromatic heterocycles. The van der Waals surface area contributed by atoms with E-state index in [4.69, 9.17) is 0 Å². The highest BCUT2D eigenvalue weighted by atomic mass is 32.1. The minimum atomic E-state index is 0.251. The summed E-state index contributed by atoms with van der Waals surface area (Å²) in [6, 6.07) is 4.69. The van der Waals surface area contributed by atoms with Crippen LogP contribution in [-0.2, 0) is 4.79 Å². The summed E-state index contributed by atoms with van der Waals surface area (Å²) >= 11 is 1.80. The summed E-state index contributed by atoms with van der Waals surface area (Å²) in [7, 11) is 2.14. The van der Waals surface area contributed by atoms with Crippen molar-refractivity contribution < 1.29 is 4.79 Å². The van der Waals surface area contributed by atoms with Crippen LogP contribution in [-0.4, -0.2) is 24.3 Å². The predicted molar refractivity (Wildman–Crippen MR) is 76.9 cm³/mol. The molecule has 2 nitrogen and oxygen atoms in total. The molecule has 0 radical (unpaired) electrons. The Morgan fingerprint density at radius 1 is 1.56 bits per heavy atom. The van der Waals surface area contributed by atoms with E-state index in [0.717, 1.165) is 25.8 Å². The second-order valence-corrected chi connectivity index (χ2v) is 6.65. The highest BCUT2D eigenvalue weighted by molar-refractivity contribution is 7.10. The minimum absolute atomic E-state index is 0.251. The molecule has 1 aliphatic carbocycles. The summed E-state index contributed by atoms with van der Waals surface area (Å²) in [4.78, 5) is 15.7. The molecule has 0 saturated heterocycles. The van der Waals surface area contributed by atoms with Crippen molar-refractivity contribution in [3.8, 4) is 0 Å². The molecule has 0 amide bonds. The van der Waals surface area contributed by atoms with Gasteiger partial charge in [-0.1, -0.05) is 13.0 Å². The topological polar surface area (TPSA) is 20.3 Å². The standard InChI is InChI=1S/C15H23NOS/c1-11-6-7-14(17)13(9-11)10-16(3)12(2)15-5-4-8-18-15/h4-5,8,11-13H,6-7,9-10H2,1-3H3.